The highest BCUT2D eigenvalue weighted by atomic mass is 16.5. The largest absolute Gasteiger partial charge is 0.493 e. The molecule has 4 heteroatoms. The molecule has 0 aliphatic rings. The Balaban J connectivity index is 1.76. The molecule has 1 N–H and O–H groups in total. The van der Waals surface area contributed by atoms with Gasteiger partial charge in [0.15, 0.2) is 0 Å². The predicted octanol–water partition coefficient (Wildman–Crippen LogP) is 5.77. The van der Waals surface area contributed by atoms with Crippen LogP contribution in [-0.4, -0.2) is 12.5 Å². The molecule has 0 aromatic heterocycles. The van der Waals surface area contributed by atoms with Gasteiger partial charge in [-0.1, -0.05) is 36.4 Å². The van der Waals surface area contributed by atoms with E-state index in [0.717, 1.165) is 33.8 Å². The van der Waals surface area contributed by atoms with E-state index in [1.807, 2.05) is 82.3 Å². The number of hydrogen-bond donors (Lipinski definition) is 1. The molecule has 3 aromatic carbocycles. The van der Waals surface area contributed by atoms with Crippen LogP contribution in [0.1, 0.15) is 52.5 Å². The molecule has 0 radical (unpaired) electrons. The molecule has 0 bridgehead atoms. The maximum absolute atomic E-state index is 12.8. The molecule has 0 spiro atoms. The molecular weight excluding hydrogens is 374 g/mol. The highest BCUT2D eigenvalue weighted by Crippen LogP contribution is 2.24. The first kappa shape index (κ1) is 21.4. The number of benzene rings is 3. The molecule has 156 valence electrons. The van der Waals surface area contributed by atoms with Crippen molar-refractivity contribution in [3.8, 4) is 11.5 Å². The summed E-state index contributed by atoms with van der Waals surface area (Å²) < 4.78 is 11.8. The number of ether oxygens (including phenoxy) is 2. The maximum atomic E-state index is 12.8. The lowest BCUT2D eigenvalue weighted by molar-refractivity contribution is 0.0939. The Morgan fingerprint density at radius 3 is 2.30 bits per heavy atom. The molecule has 1 amide bonds. The lowest BCUT2D eigenvalue weighted by atomic mass is 10.1. The summed E-state index contributed by atoms with van der Waals surface area (Å²) in [5, 5.41) is 3.06. The van der Waals surface area contributed by atoms with Crippen molar-refractivity contribution in [1.29, 1.82) is 0 Å². The van der Waals surface area contributed by atoms with Crippen LogP contribution in [0.25, 0.3) is 0 Å². The first-order valence-corrected chi connectivity index (χ1v) is 10.3. The quantitative estimate of drug-likeness (QED) is 0.519. The summed E-state index contributed by atoms with van der Waals surface area (Å²) in [5.41, 5.74) is 4.79. The summed E-state index contributed by atoms with van der Waals surface area (Å²) in [6, 6.07) is 21.4. The third-order valence-corrected chi connectivity index (χ3v) is 4.86. The molecule has 1 atom stereocenters. The molecule has 0 fully saturated rings. The lowest BCUT2D eigenvalue weighted by Gasteiger charge is -2.16. The molecule has 0 saturated carbocycles. The molecule has 0 unspecified atom stereocenters. The SMILES string of the molecule is CCOc1ccc(C(=O)N[C@H](C)c2ccccc2)cc1COc1cc(C)cc(C)c1. The van der Waals surface area contributed by atoms with Crippen LogP contribution in [0, 0.1) is 13.8 Å². The second-order valence-corrected chi connectivity index (χ2v) is 7.47. The van der Waals surface area contributed by atoms with Crippen LogP contribution in [0.15, 0.2) is 66.7 Å². The van der Waals surface area contributed by atoms with Gasteiger partial charge < -0.3 is 14.8 Å². The van der Waals surface area contributed by atoms with Crippen molar-refractivity contribution in [2.24, 2.45) is 0 Å². The monoisotopic (exact) mass is 403 g/mol. The van der Waals surface area contributed by atoms with E-state index in [-0.39, 0.29) is 11.9 Å². The van der Waals surface area contributed by atoms with Gasteiger partial charge in [0.25, 0.3) is 5.91 Å². The average Bonchev–Trinajstić information content (AvgIpc) is 2.73. The van der Waals surface area contributed by atoms with Crippen LogP contribution in [0.4, 0.5) is 0 Å². The molecule has 0 heterocycles. The number of amides is 1. The number of carbonyl (C=O) groups excluding carboxylic acids is 1. The van der Waals surface area contributed by atoms with Gasteiger partial charge >= 0.3 is 0 Å². The summed E-state index contributed by atoms with van der Waals surface area (Å²) in [5.74, 6) is 1.42. The zero-order valence-corrected chi connectivity index (χ0v) is 18.1. The standard InChI is InChI=1S/C26H29NO3/c1-5-29-25-12-11-22(26(28)27-20(4)21-9-7-6-8-10-21)16-23(25)17-30-24-14-18(2)13-19(3)15-24/h6-16,20H,5,17H2,1-4H3,(H,27,28)/t20-/m1/s1. The van der Waals surface area contributed by atoms with Gasteiger partial charge in [0.1, 0.15) is 18.1 Å². The molecule has 3 rings (SSSR count). The van der Waals surface area contributed by atoms with Gasteiger partial charge in [0.2, 0.25) is 0 Å². The van der Waals surface area contributed by atoms with Crippen LogP contribution < -0.4 is 14.8 Å². The molecule has 0 saturated heterocycles. The second-order valence-electron chi connectivity index (χ2n) is 7.47. The van der Waals surface area contributed by atoms with E-state index < -0.39 is 0 Å². The number of rotatable bonds is 8. The topological polar surface area (TPSA) is 47.6 Å². The van der Waals surface area contributed by atoms with E-state index in [4.69, 9.17) is 9.47 Å². The highest BCUT2D eigenvalue weighted by Gasteiger charge is 2.14. The van der Waals surface area contributed by atoms with Crippen molar-refractivity contribution in [1.82, 2.24) is 5.32 Å². The lowest BCUT2D eigenvalue weighted by Crippen LogP contribution is -2.26. The van der Waals surface area contributed by atoms with Gasteiger partial charge in [-0.2, -0.15) is 0 Å². The van der Waals surface area contributed by atoms with Crippen LogP contribution >= 0.6 is 0 Å². The Kier molecular flexibility index (Phi) is 7.12. The van der Waals surface area contributed by atoms with Gasteiger partial charge in [-0.05, 0) is 74.7 Å². The molecule has 4 nitrogen and oxygen atoms in total. The van der Waals surface area contributed by atoms with Crippen LogP contribution in [0.2, 0.25) is 0 Å². The van der Waals surface area contributed by atoms with Crippen molar-refractivity contribution < 1.29 is 14.3 Å². The molecule has 0 aliphatic carbocycles. The summed E-state index contributed by atoms with van der Waals surface area (Å²) in [7, 11) is 0. The summed E-state index contributed by atoms with van der Waals surface area (Å²) in [6.07, 6.45) is 0. The van der Waals surface area contributed by atoms with E-state index in [2.05, 4.69) is 11.4 Å². The fourth-order valence-corrected chi connectivity index (χ4v) is 3.41. The van der Waals surface area contributed by atoms with Crippen LogP contribution in [0.3, 0.4) is 0 Å². The third kappa shape index (κ3) is 5.63. The van der Waals surface area contributed by atoms with Gasteiger partial charge in [-0.25, -0.2) is 0 Å². The minimum Gasteiger partial charge on any atom is -0.493 e. The van der Waals surface area contributed by atoms with Gasteiger partial charge in [-0.3, -0.25) is 4.79 Å². The molecular formula is C26H29NO3. The first-order chi connectivity index (χ1) is 14.5. The Labute approximate surface area is 178 Å². The predicted molar refractivity (Wildman–Crippen MR) is 120 cm³/mol. The Hall–Kier alpha value is -3.27. The minimum absolute atomic E-state index is 0.0831. The number of carbonyl (C=O) groups is 1. The van der Waals surface area contributed by atoms with Crippen molar-refractivity contribution >= 4 is 5.91 Å². The van der Waals surface area contributed by atoms with E-state index in [1.165, 1.54) is 0 Å². The summed E-state index contributed by atoms with van der Waals surface area (Å²) >= 11 is 0. The van der Waals surface area contributed by atoms with Gasteiger partial charge in [0, 0.05) is 11.1 Å². The molecule has 3 aromatic rings. The Morgan fingerprint density at radius 1 is 0.933 bits per heavy atom. The first-order valence-electron chi connectivity index (χ1n) is 10.3. The maximum Gasteiger partial charge on any atom is 0.251 e. The fraction of sp³-hybridized carbons (Fsp3) is 0.269. The molecule has 30 heavy (non-hydrogen) atoms. The third-order valence-electron chi connectivity index (χ3n) is 4.86. The van der Waals surface area contributed by atoms with Crippen LogP contribution in [0.5, 0.6) is 11.5 Å². The highest BCUT2D eigenvalue weighted by molar-refractivity contribution is 5.94. The number of nitrogens with one attached hydrogen (secondary N) is 1. The minimum atomic E-state index is -0.123. The normalized spacial score (nSPS) is 11.6. The Morgan fingerprint density at radius 2 is 1.63 bits per heavy atom. The van der Waals surface area contributed by atoms with Crippen LogP contribution in [-0.2, 0) is 6.61 Å². The van der Waals surface area contributed by atoms with Crippen molar-refractivity contribution in [3.05, 3.63) is 94.5 Å². The number of aryl methyl sites for hydroxylation is 2. The van der Waals surface area contributed by atoms with Gasteiger partial charge in [-0.15, -0.1) is 0 Å². The van der Waals surface area contributed by atoms with Crippen molar-refractivity contribution in [2.75, 3.05) is 6.61 Å². The van der Waals surface area contributed by atoms with Gasteiger partial charge in [0.05, 0.1) is 12.6 Å². The smallest absolute Gasteiger partial charge is 0.251 e. The van der Waals surface area contributed by atoms with Crippen molar-refractivity contribution in [3.63, 3.8) is 0 Å². The van der Waals surface area contributed by atoms with Crippen molar-refractivity contribution in [2.45, 2.75) is 40.3 Å². The zero-order chi connectivity index (χ0) is 21.5. The summed E-state index contributed by atoms with van der Waals surface area (Å²) in [6.45, 7) is 8.89. The second kappa shape index (κ2) is 9.97. The van der Waals surface area contributed by atoms with E-state index in [0.29, 0.717) is 18.8 Å². The number of hydrogen-bond acceptors (Lipinski definition) is 3. The Bertz CT molecular complexity index is 978. The fourth-order valence-electron chi connectivity index (χ4n) is 3.41. The molecule has 0 aliphatic heterocycles. The van der Waals surface area contributed by atoms with E-state index in [1.54, 1.807) is 6.07 Å². The van der Waals surface area contributed by atoms with E-state index in [9.17, 15) is 4.79 Å². The zero-order valence-electron chi connectivity index (χ0n) is 18.1. The average molecular weight is 404 g/mol. The summed E-state index contributed by atoms with van der Waals surface area (Å²) in [4.78, 5) is 12.8. The van der Waals surface area contributed by atoms with E-state index >= 15 is 0 Å².